The Bertz CT molecular complexity index is 1120. The molecule has 1 fully saturated rings. The van der Waals surface area contributed by atoms with Gasteiger partial charge in [0.15, 0.2) is 0 Å². The number of carbonyl (C=O) groups excluding carboxylic acids is 1. The molecule has 1 aliphatic carbocycles. The summed E-state index contributed by atoms with van der Waals surface area (Å²) in [5.41, 5.74) is 2.67. The average Bonchev–Trinajstić information content (AvgIpc) is 3.44. The van der Waals surface area contributed by atoms with Crippen molar-refractivity contribution in [3.05, 3.63) is 48.0 Å². The maximum atomic E-state index is 13.0. The predicted octanol–water partition coefficient (Wildman–Crippen LogP) is 4.13. The SMILES string of the molecule is [2H]C(O)(CCC)c1cc(C)c(-c2cc3cnc(NC(=O)[C@H]4C[C@H]4F)cc3cn2)cn1. The number of amides is 1. The van der Waals surface area contributed by atoms with Crippen LogP contribution in [0.15, 0.2) is 36.8 Å². The minimum Gasteiger partial charge on any atom is -0.387 e. The molecule has 1 amide bonds. The van der Waals surface area contributed by atoms with Gasteiger partial charge in [-0.3, -0.25) is 14.8 Å². The van der Waals surface area contributed by atoms with E-state index in [1.165, 1.54) is 0 Å². The molecule has 0 aromatic carbocycles. The van der Waals surface area contributed by atoms with Gasteiger partial charge in [-0.15, -0.1) is 0 Å². The molecule has 1 aliphatic rings. The van der Waals surface area contributed by atoms with Crippen LogP contribution >= 0.6 is 0 Å². The van der Waals surface area contributed by atoms with E-state index in [-0.39, 0.29) is 12.3 Å². The largest absolute Gasteiger partial charge is 0.387 e. The van der Waals surface area contributed by atoms with Crippen LogP contribution in [0.4, 0.5) is 10.2 Å². The third-order valence-electron chi connectivity index (χ3n) is 5.07. The summed E-state index contributed by atoms with van der Waals surface area (Å²) in [5.74, 6) is -0.549. The highest BCUT2D eigenvalue weighted by molar-refractivity contribution is 5.96. The molecule has 3 aromatic heterocycles. The van der Waals surface area contributed by atoms with Crippen LogP contribution in [-0.2, 0) is 4.79 Å². The van der Waals surface area contributed by atoms with E-state index in [2.05, 4.69) is 20.3 Å². The minimum atomic E-state index is -1.71. The van der Waals surface area contributed by atoms with Gasteiger partial charge < -0.3 is 10.4 Å². The maximum Gasteiger partial charge on any atom is 0.231 e. The molecule has 7 heteroatoms. The summed E-state index contributed by atoms with van der Waals surface area (Å²) in [4.78, 5) is 24.9. The quantitative estimate of drug-likeness (QED) is 0.655. The van der Waals surface area contributed by atoms with Crippen molar-refractivity contribution >= 4 is 22.5 Å². The number of nitrogens with one attached hydrogen (secondary N) is 1. The number of aliphatic hydroxyl groups is 1. The maximum absolute atomic E-state index is 13.0. The van der Waals surface area contributed by atoms with Crippen LogP contribution in [0.3, 0.4) is 0 Å². The van der Waals surface area contributed by atoms with Gasteiger partial charge in [-0.05, 0) is 43.5 Å². The molecule has 150 valence electrons. The third kappa shape index (κ3) is 4.10. The van der Waals surface area contributed by atoms with Crippen LogP contribution in [0.25, 0.3) is 22.0 Å². The Balaban J connectivity index is 1.59. The molecule has 4 rings (SSSR count). The van der Waals surface area contributed by atoms with E-state index in [4.69, 9.17) is 1.37 Å². The normalized spacial score (nSPS) is 20.8. The molecule has 0 spiro atoms. The Morgan fingerprint density at radius 1 is 1.28 bits per heavy atom. The highest BCUT2D eigenvalue weighted by Gasteiger charge is 2.43. The lowest BCUT2D eigenvalue weighted by atomic mass is 10.0. The molecule has 1 unspecified atom stereocenters. The first-order valence-corrected chi connectivity index (χ1v) is 9.69. The number of halogens is 1. The van der Waals surface area contributed by atoms with Crippen molar-refractivity contribution in [2.24, 2.45) is 5.92 Å². The summed E-state index contributed by atoms with van der Waals surface area (Å²) in [6, 6.07) is 5.30. The molecule has 0 saturated heterocycles. The molecule has 0 bridgehead atoms. The van der Waals surface area contributed by atoms with E-state index in [9.17, 15) is 14.3 Å². The number of rotatable bonds is 6. The molecule has 0 aliphatic heterocycles. The summed E-state index contributed by atoms with van der Waals surface area (Å²) < 4.78 is 21.1. The highest BCUT2D eigenvalue weighted by atomic mass is 19.1. The lowest BCUT2D eigenvalue weighted by Crippen LogP contribution is -2.15. The van der Waals surface area contributed by atoms with Gasteiger partial charge in [0.05, 0.1) is 24.8 Å². The first-order chi connectivity index (χ1) is 14.3. The Morgan fingerprint density at radius 2 is 2.00 bits per heavy atom. The Morgan fingerprint density at radius 3 is 2.69 bits per heavy atom. The van der Waals surface area contributed by atoms with E-state index in [0.717, 1.165) is 21.9 Å². The number of hydrogen-bond acceptors (Lipinski definition) is 5. The van der Waals surface area contributed by atoms with Gasteiger partial charge in [0.2, 0.25) is 5.91 Å². The molecular formula is C22H23FN4O2. The molecule has 29 heavy (non-hydrogen) atoms. The van der Waals surface area contributed by atoms with Crippen molar-refractivity contribution < 1.29 is 15.7 Å². The molecular weight excluding hydrogens is 371 g/mol. The number of aryl methyl sites for hydroxylation is 1. The molecule has 6 nitrogen and oxygen atoms in total. The molecule has 3 heterocycles. The van der Waals surface area contributed by atoms with Crippen LogP contribution in [0.1, 0.15) is 44.9 Å². The van der Waals surface area contributed by atoms with Gasteiger partial charge in [0, 0.05) is 34.9 Å². The standard InChI is InChI=1S/C22H23FN4O2/c1-3-4-20(28)19-5-12(2)16(11-25-19)18-6-13-10-26-21(7-14(13)9-24-18)27-22(29)15-8-17(15)23/h5-7,9-11,15,17,20,28H,3-4,8H2,1-2H3,(H,26,27,29)/t15-,17+,20?/m0/s1/i20D. The Labute approximate surface area is 169 Å². The molecule has 1 saturated carbocycles. The van der Waals surface area contributed by atoms with Crippen LogP contribution in [0, 0.1) is 12.8 Å². The zero-order valence-corrected chi connectivity index (χ0v) is 16.3. The van der Waals surface area contributed by atoms with E-state index in [1.807, 2.05) is 19.9 Å². The summed E-state index contributed by atoms with van der Waals surface area (Å²) in [7, 11) is 0. The fourth-order valence-corrected chi connectivity index (χ4v) is 3.25. The highest BCUT2D eigenvalue weighted by Crippen LogP contribution is 2.34. The minimum absolute atomic E-state index is 0.270. The fourth-order valence-electron chi connectivity index (χ4n) is 3.25. The second-order valence-electron chi connectivity index (χ2n) is 7.41. The number of alkyl halides is 1. The number of anilines is 1. The van der Waals surface area contributed by atoms with Crippen molar-refractivity contribution in [2.75, 3.05) is 5.32 Å². The zero-order chi connectivity index (χ0) is 21.5. The van der Waals surface area contributed by atoms with Crippen molar-refractivity contribution in [1.29, 1.82) is 0 Å². The number of fused-ring (bicyclic) bond motifs is 1. The number of nitrogens with zero attached hydrogens (tertiary/aromatic N) is 3. The van der Waals surface area contributed by atoms with E-state index in [1.54, 1.807) is 30.7 Å². The average molecular weight is 395 g/mol. The van der Waals surface area contributed by atoms with Gasteiger partial charge in [-0.25, -0.2) is 9.37 Å². The Kier molecular flexibility index (Phi) is 4.89. The van der Waals surface area contributed by atoms with Gasteiger partial charge in [0.25, 0.3) is 0 Å². The van der Waals surface area contributed by atoms with Gasteiger partial charge >= 0.3 is 0 Å². The summed E-state index contributed by atoms with van der Waals surface area (Å²) in [6.07, 6.45) is 3.45. The monoisotopic (exact) mass is 395 g/mol. The summed E-state index contributed by atoms with van der Waals surface area (Å²) in [6.45, 7) is 3.80. The van der Waals surface area contributed by atoms with Gasteiger partial charge in [-0.2, -0.15) is 0 Å². The van der Waals surface area contributed by atoms with Crippen LogP contribution < -0.4 is 5.32 Å². The van der Waals surface area contributed by atoms with Gasteiger partial charge in [0.1, 0.15) is 12.0 Å². The second-order valence-corrected chi connectivity index (χ2v) is 7.41. The lowest BCUT2D eigenvalue weighted by Gasteiger charge is -2.12. The lowest BCUT2D eigenvalue weighted by molar-refractivity contribution is -0.117. The number of pyridine rings is 3. The first kappa shape index (κ1) is 18.1. The van der Waals surface area contributed by atoms with Crippen LogP contribution in [0.2, 0.25) is 0 Å². The summed E-state index contributed by atoms with van der Waals surface area (Å²) in [5, 5.41) is 14.6. The molecule has 2 N–H and O–H groups in total. The second kappa shape index (κ2) is 7.83. The van der Waals surface area contributed by atoms with Crippen LogP contribution in [0.5, 0.6) is 0 Å². The third-order valence-corrected chi connectivity index (χ3v) is 5.07. The van der Waals surface area contributed by atoms with E-state index >= 15 is 0 Å². The summed E-state index contributed by atoms with van der Waals surface area (Å²) >= 11 is 0. The number of carbonyl (C=O) groups is 1. The van der Waals surface area contributed by atoms with Gasteiger partial charge in [-0.1, -0.05) is 13.3 Å². The van der Waals surface area contributed by atoms with Crippen molar-refractivity contribution in [3.8, 4) is 11.3 Å². The van der Waals surface area contributed by atoms with Crippen molar-refractivity contribution in [2.45, 2.75) is 45.4 Å². The first-order valence-electron chi connectivity index (χ1n) is 10.2. The van der Waals surface area contributed by atoms with Crippen molar-refractivity contribution in [3.63, 3.8) is 0 Å². The molecule has 3 atom stereocenters. The van der Waals surface area contributed by atoms with E-state index < -0.39 is 18.2 Å². The Hall–Kier alpha value is -2.93. The number of hydrogen-bond donors (Lipinski definition) is 2. The zero-order valence-electron chi connectivity index (χ0n) is 17.3. The smallest absolute Gasteiger partial charge is 0.231 e. The van der Waals surface area contributed by atoms with Crippen molar-refractivity contribution in [1.82, 2.24) is 15.0 Å². The topological polar surface area (TPSA) is 88.0 Å². The van der Waals surface area contributed by atoms with Crippen LogP contribution in [-0.4, -0.2) is 32.1 Å². The van der Waals surface area contributed by atoms with E-state index in [0.29, 0.717) is 30.0 Å². The molecule has 3 aromatic rings. The fraction of sp³-hybridized carbons (Fsp3) is 0.364. The number of aromatic nitrogens is 3. The molecule has 0 radical (unpaired) electrons. The predicted molar refractivity (Wildman–Crippen MR) is 109 cm³/mol.